The van der Waals surface area contributed by atoms with E-state index in [0.717, 1.165) is 0 Å². The van der Waals surface area contributed by atoms with E-state index in [1.54, 1.807) is 13.8 Å². The Balaban J connectivity index is 2.82. The summed E-state index contributed by atoms with van der Waals surface area (Å²) in [5.41, 5.74) is 0.521. The normalized spacial score (nSPS) is 14.9. The molecule has 1 unspecified atom stereocenters. The van der Waals surface area contributed by atoms with E-state index < -0.39 is 9.92 Å². The number of anilines is 1. The van der Waals surface area contributed by atoms with Crippen molar-refractivity contribution in [1.29, 1.82) is 4.78 Å². The molecule has 5 nitrogen and oxygen atoms in total. The van der Waals surface area contributed by atoms with Crippen molar-refractivity contribution in [3.05, 3.63) is 18.2 Å². The van der Waals surface area contributed by atoms with Crippen molar-refractivity contribution in [3.8, 4) is 0 Å². The van der Waals surface area contributed by atoms with Gasteiger partial charge in [0.05, 0.1) is 18.1 Å². The molecule has 2 N–H and O–H groups in total. The van der Waals surface area contributed by atoms with Crippen LogP contribution in [-0.2, 0) is 9.92 Å². The molecule has 0 amide bonds. The van der Waals surface area contributed by atoms with Gasteiger partial charge in [0.2, 0.25) is 0 Å². The van der Waals surface area contributed by atoms with Gasteiger partial charge in [0, 0.05) is 5.75 Å². The Bertz CT molecular complexity index is 370. The molecule has 0 aromatic carbocycles. The third-order valence-electron chi connectivity index (χ3n) is 1.47. The Kier molecular flexibility index (Phi) is 2.82. The van der Waals surface area contributed by atoms with Crippen molar-refractivity contribution >= 4 is 15.6 Å². The van der Waals surface area contributed by atoms with Crippen molar-refractivity contribution in [2.45, 2.75) is 13.8 Å². The van der Waals surface area contributed by atoms with Crippen molar-refractivity contribution in [1.82, 2.24) is 9.97 Å². The molecule has 13 heavy (non-hydrogen) atoms. The lowest BCUT2D eigenvalue weighted by Crippen LogP contribution is -2.13. The summed E-state index contributed by atoms with van der Waals surface area (Å²) in [6, 6.07) is 0. The van der Waals surface area contributed by atoms with Crippen LogP contribution in [0.25, 0.3) is 0 Å². The lowest BCUT2D eigenvalue weighted by molar-refractivity contribution is 0.679. The maximum Gasteiger partial charge on any atom is 0.126 e. The van der Waals surface area contributed by atoms with Crippen LogP contribution in [0.5, 0.6) is 0 Å². The molecule has 0 aliphatic carbocycles. The average molecular weight is 200 g/mol. The van der Waals surface area contributed by atoms with E-state index in [9.17, 15) is 4.21 Å². The number of hydrogen-bond donors (Lipinski definition) is 2. The summed E-state index contributed by atoms with van der Waals surface area (Å²) in [6.45, 7) is 3.46. The number of nitrogens with one attached hydrogen (secondary N) is 2. The molecular weight excluding hydrogens is 188 g/mol. The van der Waals surface area contributed by atoms with Crippen molar-refractivity contribution in [2.75, 3.05) is 10.5 Å². The van der Waals surface area contributed by atoms with Gasteiger partial charge in [-0.2, -0.15) is 0 Å². The third kappa shape index (κ3) is 2.98. The van der Waals surface area contributed by atoms with Gasteiger partial charge < -0.3 is 0 Å². The molecule has 1 aromatic heterocycles. The molecule has 0 saturated carbocycles. The minimum Gasteiger partial charge on any atom is -0.296 e. The summed E-state index contributed by atoms with van der Waals surface area (Å²) in [7, 11) is -2.72. The SMILES string of the molecule is CCS(=N)(=O)Nc1cnc(C)nc1. The molecule has 1 rings (SSSR count). The summed E-state index contributed by atoms with van der Waals surface area (Å²) in [5, 5.41) is 0. The number of hydrogen-bond acceptors (Lipinski definition) is 4. The molecule has 0 radical (unpaired) electrons. The Labute approximate surface area is 77.7 Å². The number of aromatic nitrogens is 2. The zero-order valence-electron chi connectivity index (χ0n) is 7.57. The van der Waals surface area contributed by atoms with E-state index in [0.29, 0.717) is 11.5 Å². The van der Waals surface area contributed by atoms with Gasteiger partial charge in [-0.1, -0.05) is 6.92 Å². The van der Waals surface area contributed by atoms with Crippen LogP contribution >= 0.6 is 0 Å². The zero-order valence-corrected chi connectivity index (χ0v) is 8.39. The minimum atomic E-state index is -2.72. The van der Waals surface area contributed by atoms with Crippen LogP contribution in [0.1, 0.15) is 12.7 Å². The van der Waals surface area contributed by atoms with Crippen molar-refractivity contribution in [2.24, 2.45) is 0 Å². The first-order valence-electron chi connectivity index (χ1n) is 3.86. The molecular formula is C7H12N4OS. The Morgan fingerprint density at radius 2 is 2.08 bits per heavy atom. The highest BCUT2D eigenvalue weighted by Gasteiger charge is 2.02. The van der Waals surface area contributed by atoms with Crippen LogP contribution in [0.15, 0.2) is 12.4 Å². The quantitative estimate of drug-likeness (QED) is 0.769. The molecule has 1 atom stereocenters. The van der Waals surface area contributed by atoms with Crippen LogP contribution in [0.3, 0.4) is 0 Å². The summed E-state index contributed by atoms with van der Waals surface area (Å²) in [5.74, 6) is 0.916. The summed E-state index contributed by atoms with van der Waals surface area (Å²) in [6.07, 6.45) is 3.04. The van der Waals surface area contributed by atoms with Gasteiger partial charge in [0.25, 0.3) is 0 Å². The van der Waals surface area contributed by atoms with Crippen LogP contribution in [0, 0.1) is 11.7 Å². The Morgan fingerprint density at radius 3 is 2.54 bits per heavy atom. The fourth-order valence-corrected chi connectivity index (χ4v) is 1.34. The molecule has 72 valence electrons. The van der Waals surface area contributed by atoms with E-state index in [1.807, 2.05) is 0 Å². The molecule has 0 spiro atoms. The van der Waals surface area contributed by atoms with Gasteiger partial charge in [-0.05, 0) is 6.92 Å². The third-order valence-corrected chi connectivity index (χ3v) is 2.85. The predicted molar refractivity (Wildman–Crippen MR) is 51.8 cm³/mol. The van der Waals surface area contributed by atoms with E-state index in [-0.39, 0.29) is 5.75 Å². The first kappa shape index (κ1) is 9.91. The highest BCUT2D eigenvalue weighted by molar-refractivity contribution is 7.93. The second kappa shape index (κ2) is 3.69. The molecule has 0 aliphatic heterocycles. The maximum atomic E-state index is 11.3. The molecule has 1 aromatic rings. The van der Waals surface area contributed by atoms with Crippen LogP contribution in [-0.4, -0.2) is 19.9 Å². The van der Waals surface area contributed by atoms with Gasteiger partial charge in [0.1, 0.15) is 15.7 Å². The van der Waals surface area contributed by atoms with Crippen molar-refractivity contribution < 1.29 is 4.21 Å². The monoisotopic (exact) mass is 200 g/mol. The molecule has 0 saturated heterocycles. The first-order chi connectivity index (χ1) is 6.03. The fraction of sp³-hybridized carbons (Fsp3) is 0.429. The first-order valence-corrected chi connectivity index (χ1v) is 5.59. The van der Waals surface area contributed by atoms with Gasteiger partial charge in [-0.15, -0.1) is 0 Å². The molecule has 0 fully saturated rings. The van der Waals surface area contributed by atoms with Gasteiger partial charge in [-0.3, -0.25) is 4.72 Å². The van der Waals surface area contributed by atoms with Gasteiger partial charge >= 0.3 is 0 Å². The van der Waals surface area contributed by atoms with Crippen LogP contribution in [0.2, 0.25) is 0 Å². The number of rotatable bonds is 3. The second-order valence-corrected chi connectivity index (χ2v) is 4.72. The van der Waals surface area contributed by atoms with E-state index in [4.69, 9.17) is 4.78 Å². The van der Waals surface area contributed by atoms with Gasteiger partial charge in [0.15, 0.2) is 0 Å². The summed E-state index contributed by atoms with van der Waals surface area (Å²) in [4.78, 5) is 7.83. The predicted octanol–water partition coefficient (Wildman–Crippen LogP) is 1.18. The van der Waals surface area contributed by atoms with Crippen LogP contribution in [0.4, 0.5) is 5.69 Å². The Morgan fingerprint density at radius 1 is 1.54 bits per heavy atom. The second-order valence-electron chi connectivity index (χ2n) is 2.58. The molecule has 0 aliphatic rings. The highest BCUT2D eigenvalue weighted by Crippen LogP contribution is 2.05. The smallest absolute Gasteiger partial charge is 0.126 e. The fourth-order valence-electron chi connectivity index (χ4n) is 0.708. The van der Waals surface area contributed by atoms with E-state index >= 15 is 0 Å². The zero-order chi connectivity index (χ0) is 9.90. The maximum absolute atomic E-state index is 11.3. The topological polar surface area (TPSA) is 78.7 Å². The number of nitrogens with zero attached hydrogens (tertiary/aromatic N) is 2. The van der Waals surface area contributed by atoms with Gasteiger partial charge in [-0.25, -0.2) is 19.0 Å². The van der Waals surface area contributed by atoms with E-state index in [2.05, 4.69) is 14.7 Å². The minimum absolute atomic E-state index is 0.265. The highest BCUT2D eigenvalue weighted by atomic mass is 32.2. The summed E-state index contributed by atoms with van der Waals surface area (Å²) < 4.78 is 21.2. The number of aryl methyl sites for hydroxylation is 1. The largest absolute Gasteiger partial charge is 0.296 e. The molecule has 6 heteroatoms. The molecule has 0 bridgehead atoms. The Hall–Kier alpha value is -1.17. The lowest BCUT2D eigenvalue weighted by Gasteiger charge is -2.07. The standard InChI is InChI=1S/C7H12N4OS/c1-3-13(8,12)11-7-4-9-6(2)10-5-7/h4-5H,3H2,1-2H3,(H2,8,11,12). The van der Waals surface area contributed by atoms with E-state index in [1.165, 1.54) is 12.4 Å². The summed E-state index contributed by atoms with van der Waals surface area (Å²) >= 11 is 0. The lowest BCUT2D eigenvalue weighted by atomic mass is 10.5. The average Bonchev–Trinajstić information content (AvgIpc) is 2.09. The van der Waals surface area contributed by atoms with Crippen molar-refractivity contribution in [3.63, 3.8) is 0 Å². The molecule has 1 heterocycles. The van der Waals surface area contributed by atoms with Crippen LogP contribution < -0.4 is 4.72 Å².